The van der Waals surface area contributed by atoms with Gasteiger partial charge in [0.2, 0.25) is 6.29 Å². The van der Waals surface area contributed by atoms with E-state index in [1.165, 1.54) is 0 Å². The van der Waals surface area contributed by atoms with Gasteiger partial charge >= 0.3 is 16.1 Å². The molecule has 3 atom stereocenters. The highest BCUT2D eigenvalue weighted by atomic mass is 31.2. The molecule has 0 bridgehead atoms. The highest BCUT2D eigenvalue weighted by molar-refractivity contribution is 7.56. The van der Waals surface area contributed by atoms with Crippen molar-refractivity contribution in [1.82, 2.24) is 0 Å². The molecule has 1 heterocycles. The van der Waals surface area contributed by atoms with E-state index in [4.69, 9.17) is 10.00 Å². The molecule has 0 aliphatic carbocycles. The first-order chi connectivity index (χ1) is 5.03. The number of rotatable bonds is 1. The summed E-state index contributed by atoms with van der Waals surface area (Å²) in [6.07, 6.45) is -1.36. The Bertz CT molecular complexity index is 212. The van der Waals surface area contributed by atoms with E-state index in [0.29, 0.717) is 0 Å². The average molecular weight is 203 g/mol. The van der Waals surface area contributed by atoms with Crippen LogP contribution in [-0.2, 0) is 22.5 Å². The van der Waals surface area contributed by atoms with Crippen molar-refractivity contribution in [3.8, 4) is 0 Å². The molecule has 0 radical (unpaired) electrons. The minimum atomic E-state index is -4.28. The molecule has 0 saturated carbocycles. The third kappa shape index (κ3) is 2.57. The van der Waals surface area contributed by atoms with Crippen molar-refractivity contribution < 1.29 is 32.5 Å². The summed E-state index contributed by atoms with van der Waals surface area (Å²) >= 11 is 0. The number of aliphatic hydroxyl groups is 1. The Hall–Kier alpha value is 0.130. The number of phosphoric ester groups is 1. The van der Waals surface area contributed by atoms with Crippen molar-refractivity contribution >= 4 is 16.1 Å². The normalized spacial score (nSPS) is 42.4. The topological polar surface area (TPSA) is 102 Å². The van der Waals surface area contributed by atoms with Crippen LogP contribution in [0.4, 0.5) is 0 Å². The Labute approximate surface area is 62.5 Å². The molecule has 1 rings (SSSR count). The van der Waals surface area contributed by atoms with Crippen molar-refractivity contribution in [3.05, 3.63) is 0 Å². The van der Waals surface area contributed by atoms with Crippen LogP contribution in [-0.4, -0.2) is 22.9 Å². The summed E-state index contributed by atoms with van der Waals surface area (Å²) in [5.41, 5.74) is 0. The molecule has 0 aromatic rings. The van der Waals surface area contributed by atoms with Gasteiger partial charge in [0.1, 0.15) is 0 Å². The minimum Gasteiger partial charge on any atom is -0.391 e. The van der Waals surface area contributed by atoms with Crippen LogP contribution >= 0.6 is 16.1 Å². The van der Waals surface area contributed by atoms with Crippen LogP contribution in [0.5, 0.6) is 0 Å². The minimum absolute atomic E-state index is 0.658. The van der Waals surface area contributed by atoms with E-state index < -0.39 is 29.0 Å². The fourth-order valence-corrected chi connectivity index (χ4v) is 2.21. The molecule has 11 heavy (non-hydrogen) atoms. The van der Waals surface area contributed by atoms with E-state index in [9.17, 15) is 9.13 Å². The van der Waals surface area contributed by atoms with Crippen molar-refractivity contribution in [2.75, 3.05) is 6.61 Å². The monoisotopic (exact) mass is 203 g/mol. The molecule has 9 heteroatoms. The standard InChI is InChI=1S/C2H4O7P2/c3-1-2-7-10(4)9-11(5,6)8-2/h2-3H,1H2/p+1. The van der Waals surface area contributed by atoms with Crippen LogP contribution in [0.25, 0.3) is 0 Å². The molecule has 0 aromatic heterocycles. The van der Waals surface area contributed by atoms with E-state index >= 15 is 0 Å². The lowest BCUT2D eigenvalue weighted by Crippen LogP contribution is -2.20. The molecule has 1 fully saturated rings. The quantitative estimate of drug-likeness (QED) is 0.583. The van der Waals surface area contributed by atoms with E-state index in [2.05, 4.69) is 13.4 Å². The molecule has 3 unspecified atom stereocenters. The summed E-state index contributed by atoms with van der Waals surface area (Å²) in [6, 6.07) is 0. The summed E-state index contributed by atoms with van der Waals surface area (Å²) in [5, 5.41) is 8.37. The fourth-order valence-electron chi connectivity index (χ4n) is 0.453. The molecule has 0 amide bonds. The van der Waals surface area contributed by atoms with Gasteiger partial charge in [-0.25, -0.2) is 9.09 Å². The SMILES string of the molecule is O=[P+]1OC(CO)OP(=O)(O)O1. The van der Waals surface area contributed by atoms with Gasteiger partial charge in [-0.3, -0.25) is 4.89 Å². The fraction of sp³-hybridized carbons (Fsp3) is 1.00. The van der Waals surface area contributed by atoms with Crippen LogP contribution in [0.3, 0.4) is 0 Å². The number of hydrogen-bond acceptors (Lipinski definition) is 6. The molecular formula is C2H5O7P2+. The number of aliphatic hydroxyl groups excluding tert-OH is 1. The van der Waals surface area contributed by atoms with E-state index in [-0.39, 0.29) is 0 Å². The van der Waals surface area contributed by atoms with Crippen LogP contribution in [0, 0.1) is 0 Å². The van der Waals surface area contributed by atoms with Crippen molar-refractivity contribution in [3.63, 3.8) is 0 Å². The maximum atomic E-state index is 10.5. The summed E-state index contributed by atoms with van der Waals surface area (Å²) in [6.45, 7) is -0.658. The Kier molecular flexibility index (Phi) is 2.72. The summed E-state index contributed by atoms with van der Waals surface area (Å²) < 4.78 is 33.2. The van der Waals surface area contributed by atoms with Crippen LogP contribution in [0.15, 0.2) is 0 Å². The molecule has 64 valence electrons. The Morgan fingerprint density at radius 3 is 2.73 bits per heavy atom. The number of hydrogen-bond donors (Lipinski definition) is 2. The second-order valence-electron chi connectivity index (χ2n) is 1.60. The highest BCUT2D eigenvalue weighted by Crippen LogP contribution is 2.57. The molecule has 1 aliphatic heterocycles. The van der Waals surface area contributed by atoms with Gasteiger partial charge in [0.25, 0.3) is 0 Å². The summed E-state index contributed by atoms with van der Waals surface area (Å²) in [5.74, 6) is 0. The zero-order valence-corrected chi connectivity index (χ0v) is 6.90. The predicted molar refractivity (Wildman–Crippen MR) is 31.6 cm³/mol. The molecular weight excluding hydrogens is 198 g/mol. The van der Waals surface area contributed by atoms with Crippen LogP contribution in [0.1, 0.15) is 0 Å². The lowest BCUT2D eigenvalue weighted by Gasteiger charge is -2.13. The van der Waals surface area contributed by atoms with Gasteiger partial charge < -0.3 is 5.11 Å². The molecule has 0 aromatic carbocycles. The molecule has 7 nitrogen and oxygen atoms in total. The smallest absolute Gasteiger partial charge is 0.391 e. The first kappa shape index (κ1) is 9.22. The van der Waals surface area contributed by atoms with Gasteiger partial charge in [-0.2, -0.15) is 0 Å². The maximum Gasteiger partial charge on any atom is 0.711 e. The second kappa shape index (κ2) is 3.25. The summed E-state index contributed by atoms with van der Waals surface area (Å²) in [4.78, 5) is 8.58. The van der Waals surface area contributed by atoms with Gasteiger partial charge in [-0.1, -0.05) is 4.52 Å². The molecule has 1 aliphatic rings. The van der Waals surface area contributed by atoms with Gasteiger partial charge in [-0.05, 0) is 4.31 Å². The molecule has 0 spiro atoms. The number of phosphoric acid groups is 1. The zero-order chi connectivity index (χ0) is 8.48. The van der Waals surface area contributed by atoms with Gasteiger partial charge in [0.15, 0.2) is 0 Å². The third-order valence-electron chi connectivity index (χ3n) is 0.773. The Balaban J connectivity index is 2.66. The van der Waals surface area contributed by atoms with E-state index in [1.807, 2.05) is 0 Å². The van der Waals surface area contributed by atoms with E-state index in [1.54, 1.807) is 0 Å². The maximum absolute atomic E-state index is 10.5. The first-order valence-corrected chi connectivity index (χ1v) is 5.08. The van der Waals surface area contributed by atoms with Gasteiger partial charge in [0.05, 0.1) is 6.61 Å². The Morgan fingerprint density at radius 1 is 1.64 bits per heavy atom. The third-order valence-corrected chi connectivity index (χ3v) is 3.04. The summed E-state index contributed by atoms with van der Waals surface area (Å²) in [7, 11) is -6.96. The Morgan fingerprint density at radius 2 is 2.27 bits per heavy atom. The van der Waals surface area contributed by atoms with Crippen molar-refractivity contribution in [2.24, 2.45) is 0 Å². The predicted octanol–water partition coefficient (Wildman–Crippen LogP) is 0.126. The van der Waals surface area contributed by atoms with E-state index in [0.717, 1.165) is 0 Å². The van der Waals surface area contributed by atoms with Crippen LogP contribution in [0.2, 0.25) is 0 Å². The van der Waals surface area contributed by atoms with Gasteiger partial charge in [-0.15, -0.1) is 0 Å². The average Bonchev–Trinajstić information content (AvgIpc) is 1.83. The lowest BCUT2D eigenvalue weighted by atomic mass is 10.7. The highest BCUT2D eigenvalue weighted by Gasteiger charge is 2.48. The molecule has 2 N–H and O–H groups in total. The van der Waals surface area contributed by atoms with Crippen molar-refractivity contribution in [2.45, 2.75) is 6.29 Å². The van der Waals surface area contributed by atoms with Crippen LogP contribution < -0.4 is 0 Å². The zero-order valence-electron chi connectivity index (χ0n) is 5.11. The second-order valence-corrected chi connectivity index (χ2v) is 4.06. The molecule has 1 saturated heterocycles. The van der Waals surface area contributed by atoms with Gasteiger partial charge in [0, 0.05) is 4.57 Å². The van der Waals surface area contributed by atoms with Crippen molar-refractivity contribution in [1.29, 1.82) is 0 Å². The lowest BCUT2D eigenvalue weighted by molar-refractivity contribution is -0.0684. The largest absolute Gasteiger partial charge is 0.711 e. The first-order valence-electron chi connectivity index (χ1n) is 2.49.